The van der Waals surface area contributed by atoms with E-state index in [2.05, 4.69) is 10.6 Å². The fraction of sp³-hybridized carbons (Fsp3) is 0.500. The van der Waals surface area contributed by atoms with Gasteiger partial charge in [-0.2, -0.15) is 0 Å². The molecule has 11 heteroatoms. The molecule has 1 unspecified atom stereocenters. The van der Waals surface area contributed by atoms with Crippen LogP contribution in [0.15, 0.2) is 16.3 Å². The van der Waals surface area contributed by atoms with Gasteiger partial charge in [0, 0.05) is 11.3 Å². The summed E-state index contributed by atoms with van der Waals surface area (Å²) in [6, 6.07) is 1.92. The molecule has 0 aromatic carbocycles. The number of thiophene rings is 1. The maximum Gasteiger partial charge on any atom is 0.262 e. The van der Waals surface area contributed by atoms with Gasteiger partial charge in [0.15, 0.2) is 0 Å². The first-order valence-electron chi connectivity index (χ1n) is 5.68. The van der Waals surface area contributed by atoms with Crippen molar-refractivity contribution < 1.29 is 22.0 Å². The molecule has 0 spiro atoms. The Kier molecular flexibility index (Phi) is 5.67. The van der Waals surface area contributed by atoms with Crippen LogP contribution in [-0.2, 0) is 21.4 Å². The first-order chi connectivity index (χ1) is 9.17. The fourth-order valence-electron chi connectivity index (χ4n) is 1.80. The number of nitrogens with two attached hydrogens (primary N) is 1. The highest BCUT2D eigenvalue weighted by molar-refractivity contribution is 7.91. The molecule has 4 N–H and O–H groups in total. The first kappa shape index (κ1) is 18.2. The van der Waals surface area contributed by atoms with E-state index in [1.165, 1.54) is 12.1 Å². The Balaban J connectivity index is 0.00000220. The summed E-state index contributed by atoms with van der Waals surface area (Å²) in [7, 11) is -3.76. The lowest BCUT2D eigenvalue weighted by molar-refractivity contribution is -0.123. The van der Waals surface area contributed by atoms with E-state index in [-0.39, 0.29) is 23.2 Å². The van der Waals surface area contributed by atoms with Crippen LogP contribution in [0.5, 0.6) is 0 Å². The second-order valence-electron chi connectivity index (χ2n) is 4.48. The van der Waals surface area contributed by atoms with Crippen molar-refractivity contribution in [2.24, 2.45) is 5.14 Å². The number of nitrogens with one attached hydrogen (secondary N) is 2. The number of halogens is 3. The lowest BCUT2D eigenvalue weighted by atomic mass is 10.2. The standard InChI is InChI=1S/C10H13F2N3O3S2.ClH/c11-10(12)3-7(15-5-10)9(16)14-4-6-1-2-8(19-6)20(13,17)18;/h1-2,7,15H,3-5H2,(H,14,16)(H2,13,17,18);1H. The van der Waals surface area contributed by atoms with Crippen molar-refractivity contribution in [1.82, 2.24) is 10.6 Å². The molecule has 120 valence electrons. The number of rotatable bonds is 4. The van der Waals surface area contributed by atoms with Gasteiger partial charge in [-0.25, -0.2) is 22.3 Å². The summed E-state index contributed by atoms with van der Waals surface area (Å²) in [5.74, 6) is -3.40. The van der Waals surface area contributed by atoms with Gasteiger partial charge in [-0.3, -0.25) is 10.1 Å². The highest BCUT2D eigenvalue weighted by Crippen LogP contribution is 2.25. The molecule has 2 rings (SSSR count). The van der Waals surface area contributed by atoms with E-state index in [9.17, 15) is 22.0 Å². The monoisotopic (exact) mass is 361 g/mol. The maximum absolute atomic E-state index is 12.9. The van der Waals surface area contributed by atoms with Crippen molar-refractivity contribution in [3.05, 3.63) is 17.0 Å². The van der Waals surface area contributed by atoms with Crippen LogP contribution in [0.25, 0.3) is 0 Å². The Bertz CT molecular complexity index is 621. The third-order valence-electron chi connectivity index (χ3n) is 2.78. The number of hydrogen-bond acceptors (Lipinski definition) is 5. The third kappa shape index (κ3) is 4.85. The molecule has 0 saturated carbocycles. The molecule has 1 atom stereocenters. The smallest absolute Gasteiger partial charge is 0.262 e. The molecule has 1 amide bonds. The van der Waals surface area contributed by atoms with E-state index >= 15 is 0 Å². The highest BCUT2D eigenvalue weighted by Gasteiger charge is 2.42. The summed E-state index contributed by atoms with van der Waals surface area (Å²) in [5.41, 5.74) is 0. The Hall–Kier alpha value is -0.810. The Morgan fingerprint density at radius 3 is 2.67 bits per heavy atom. The summed E-state index contributed by atoms with van der Waals surface area (Å²) < 4.78 is 48.0. The van der Waals surface area contributed by atoms with Crippen LogP contribution in [0.3, 0.4) is 0 Å². The highest BCUT2D eigenvalue weighted by atomic mass is 35.5. The van der Waals surface area contributed by atoms with Crippen molar-refractivity contribution in [2.45, 2.75) is 29.1 Å². The zero-order chi connectivity index (χ0) is 15.0. The molecule has 1 aliphatic rings. The van der Waals surface area contributed by atoms with Gasteiger partial charge < -0.3 is 5.32 Å². The summed E-state index contributed by atoms with van der Waals surface area (Å²) >= 11 is 0.928. The number of carbonyl (C=O) groups is 1. The fourth-order valence-corrected chi connectivity index (χ4v) is 3.52. The molecule has 1 aromatic rings. The number of alkyl halides is 2. The van der Waals surface area contributed by atoms with Crippen LogP contribution in [0, 0.1) is 0 Å². The van der Waals surface area contributed by atoms with E-state index in [1.54, 1.807) is 0 Å². The van der Waals surface area contributed by atoms with Crippen molar-refractivity contribution >= 4 is 39.7 Å². The lowest BCUT2D eigenvalue weighted by Crippen LogP contribution is -2.39. The number of primary sulfonamides is 1. The second-order valence-corrected chi connectivity index (χ2v) is 7.43. The van der Waals surface area contributed by atoms with Crippen molar-refractivity contribution in [2.75, 3.05) is 6.54 Å². The van der Waals surface area contributed by atoms with Gasteiger partial charge >= 0.3 is 0 Å². The average Bonchev–Trinajstić information content (AvgIpc) is 2.91. The zero-order valence-electron chi connectivity index (χ0n) is 10.6. The van der Waals surface area contributed by atoms with Crippen molar-refractivity contribution in [3.63, 3.8) is 0 Å². The summed E-state index contributed by atoms with van der Waals surface area (Å²) in [4.78, 5) is 12.2. The minimum atomic E-state index is -3.76. The Morgan fingerprint density at radius 1 is 1.52 bits per heavy atom. The Labute approximate surface area is 130 Å². The largest absolute Gasteiger partial charge is 0.350 e. The van der Waals surface area contributed by atoms with Gasteiger partial charge in [0.05, 0.1) is 19.1 Å². The molecule has 0 radical (unpaired) electrons. The van der Waals surface area contributed by atoms with Gasteiger partial charge in [0.25, 0.3) is 5.92 Å². The molecular formula is C10H14ClF2N3O3S2. The Morgan fingerprint density at radius 2 is 2.19 bits per heavy atom. The lowest BCUT2D eigenvalue weighted by Gasteiger charge is -2.10. The predicted molar refractivity (Wildman–Crippen MR) is 76.1 cm³/mol. The molecule has 21 heavy (non-hydrogen) atoms. The topological polar surface area (TPSA) is 101 Å². The van der Waals surface area contributed by atoms with Crippen LogP contribution in [-0.4, -0.2) is 32.8 Å². The van der Waals surface area contributed by atoms with E-state index in [4.69, 9.17) is 5.14 Å². The van der Waals surface area contributed by atoms with Crippen molar-refractivity contribution in [3.8, 4) is 0 Å². The summed E-state index contributed by atoms with van der Waals surface area (Å²) in [5, 5.41) is 9.88. The van der Waals surface area contributed by atoms with Gasteiger partial charge in [-0.15, -0.1) is 23.7 Å². The van der Waals surface area contributed by atoms with Gasteiger partial charge in [0.2, 0.25) is 15.9 Å². The third-order valence-corrected chi connectivity index (χ3v) is 5.30. The van der Waals surface area contributed by atoms with E-state index in [0.29, 0.717) is 4.88 Å². The molecule has 2 heterocycles. The van der Waals surface area contributed by atoms with Crippen LogP contribution >= 0.6 is 23.7 Å². The molecular weight excluding hydrogens is 348 g/mol. The molecule has 1 fully saturated rings. The summed E-state index contributed by atoms with van der Waals surface area (Å²) in [6.45, 7) is -0.442. The second kappa shape index (κ2) is 6.53. The molecule has 6 nitrogen and oxygen atoms in total. The van der Waals surface area contributed by atoms with E-state index < -0.39 is 40.9 Å². The number of carbonyl (C=O) groups excluding carboxylic acids is 1. The normalized spacial score (nSPS) is 20.8. The van der Waals surface area contributed by atoms with E-state index in [0.717, 1.165) is 11.3 Å². The molecule has 0 aliphatic carbocycles. The van der Waals surface area contributed by atoms with Crippen LogP contribution in [0.1, 0.15) is 11.3 Å². The minimum Gasteiger partial charge on any atom is -0.350 e. The van der Waals surface area contributed by atoms with Gasteiger partial charge in [-0.05, 0) is 12.1 Å². The molecule has 1 aromatic heterocycles. The van der Waals surface area contributed by atoms with Crippen LogP contribution in [0.2, 0.25) is 0 Å². The number of amides is 1. The van der Waals surface area contributed by atoms with Crippen LogP contribution in [0.4, 0.5) is 8.78 Å². The van der Waals surface area contributed by atoms with Gasteiger partial charge in [-0.1, -0.05) is 0 Å². The maximum atomic E-state index is 12.9. The average molecular weight is 362 g/mol. The van der Waals surface area contributed by atoms with Crippen LogP contribution < -0.4 is 15.8 Å². The number of sulfonamides is 1. The number of hydrogen-bond donors (Lipinski definition) is 3. The quantitative estimate of drug-likeness (QED) is 0.723. The van der Waals surface area contributed by atoms with Gasteiger partial charge in [0.1, 0.15) is 4.21 Å². The SMILES string of the molecule is Cl.NS(=O)(=O)c1ccc(CNC(=O)C2CC(F)(F)CN2)s1. The van der Waals surface area contributed by atoms with Crippen molar-refractivity contribution in [1.29, 1.82) is 0 Å². The predicted octanol–water partition coefficient (Wildman–Crippen LogP) is 0.431. The molecule has 1 aliphatic heterocycles. The zero-order valence-corrected chi connectivity index (χ0v) is 13.1. The van der Waals surface area contributed by atoms with E-state index in [1.807, 2.05) is 0 Å². The summed E-state index contributed by atoms with van der Waals surface area (Å²) in [6.07, 6.45) is -0.536. The molecule has 0 bridgehead atoms. The molecule has 1 saturated heterocycles. The first-order valence-corrected chi connectivity index (χ1v) is 8.04. The minimum absolute atomic E-state index is 0.